The molecule has 0 spiro atoms. The molecular weight excluding hydrogens is 266 g/mol. The van der Waals surface area contributed by atoms with E-state index in [1.54, 1.807) is 0 Å². The van der Waals surface area contributed by atoms with Crippen LogP contribution in [0.5, 0.6) is 0 Å². The third-order valence-electron chi connectivity index (χ3n) is 4.23. The van der Waals surface area contributed by atoms with Gasteiger partial charge >= 0.3 is 0 Å². The Bertz CT molecular complexity index is 663. The van der Waals surface area contributed by atoms with E-state index in [2.05, 4.69) is 72.1 Å². The van der Waals surface area contributed by atoms with E-state index in [0.29, 0.717) is 0 Å². The van der Waals surface area contributed by atoms with Gasteiger partial charge in [0.1, 0.15) is 0 Å². The summed E-state index contributed by atoms with van der Waals surface area (Å²) in [4.78, 5) is 0. The number of hydrogen-bond donors (Lipinski definition) is 1. The zero-order chi connectivity index (χ0) is 15.2. The Kier molecular flexibility index (Phi) is 4.75. The van der Waals surface area contributed by atoms with E-state index >= 15 is 0 Å². The van der Waals surface area contributed by atoms with Gasteiger partial charge in [-0.05, 0) is 54.5 Å². The molecule has 0 aromatic heterocycles. The SMILES string of the molecule is CNc1ccc(/C(=C/C2=CCCCC2)c2ccccc2)cc1. The predicted octanol–water partition coefficient (Wildman–Crippen LogP) is 5.66. The van der Waals surface area contributed by atoms with Gasteiger partial charge in [0.25, 0.3) is 0 Å². The Morgan fingerprint density at radius 3 is 2.27 bits per heavy atom. The van der Waals surface area contributed by atoms with E-state index in [1.807, 2.05) is 7.05 Å². The molecule has 0 saturated carbocycles. The van der Waals surface area contributed by atoms with Crippen LogP contribution < -0.4 is 5.32 Å². The van der Waals surface area contributed by atoms with Crippen molar-refractivity contribution in [3.05, 3.63) is 83.4 Å². The number of hydrogen-bond acceptors (Lipinski definition) is 1. The molecule has 0 bridgehead atoms. The molecule has 0 unspecified atom stereocenters. The highest BCUT2D eigenvalue weighted by molar-refractivity contribution is 5.82. The molecule has 0 fully saturated rings. The third-order valence-corrected chi connectivity index (χ3v) is 4.23. The Balaban J connectivity index is 2.02. The van der Waals surface area contributed by atoms with Crippen molar-refractivity contribution in [2.45, 2.75) is 25.7 Å². The van der Waals surface area contributed by atoms with Crippen LogP contribution in [0.3, 0.4) is 0 Å². The normalized spacial score (nSPS) is 15.3. The molecule has 1 aliphatic rings. The lowest BCUT2D eigenvalue weighted by Gasteiger charge is -2.14. The molecule has 0 aliphatic heterocycles. The van der Waals surface area contributed by atoms with Crippen LogP contribution in [0.2, 0.25) is 0 Å². The summed E-state index contributed by atoms with van der Waals surface area (Å²) in [5, 5.41) is 3.18. The van der Waals surface area contributed by atoms with E-state index in [1.165, 1.54) is 48.0 Å². The van der Waals surface area contributed by atoms with Gasteiger partial charge in [0, 0.05) is 12.7 Å². The maximum atomic E-state index is 3.18. The summed E-state index contributed by atoms with van der Waals surface area (Å²) >= 11 is 0. The molecule has 1 heteroatoms. The Morgan fingerprint density at radius 2 is 1.64 bits per heavy atom. The standard InChI is InChI=1S/C21H23N/c1-22-20-14-12-19(13-15-20)21(18-10-6-3-7-11-18)16-17-8-4-2-5-9-17/h3,6-8,10-16,22H,2,4-5,9H2,1H3/b21-16+. The number of anilines is 1. The minimum atomic E-state index is 1.15. The molecule has 22 heavy (non-hydrogen) atoms. The Morgan fingerprint density at radius 1 is 0.909 bits per heavy atom. The van der Waals surface area contributed by atoms with Gasteiger partial charge in [-0.3, -0.25) is 0 Å². The Hall–Kier alpha value is -2.28. The van der Waals surface area contributed by atoms with Crippen molar-refractivity contribution in [3.8, 4) is 0 Å². The first kappa shape index (κ1) is 14.6. The van der Waals surface area contributed by atoms with Crippen LogP contribution in [0.25, 0.3) is 5.57 Å². The van der Waals surface area contributed by atoms with Gasteiger partial charge < -0.3 is 5.32 Å². The largest absolute Gasteiger partial charge is 0.388 e. The van der Waals surface area contributed by atoms with E-state index in [0.717, 1.165) is 5.69 Å². The fourth-order valence-corrected chi connectivity index (χ4v) is 2.95. The van der Waals surface area contributed by atoms with Crippen molar-refractivity contribution in [2.24, 2.45) is 0 Å². The molecule has 3 rings (SSSR count). The second-order valence-electron chi connectivity index (χ2n) is 5.78. The minimum Gasteiger partial charge on any atom is -0.388 e. The van der Waals surface area contributed by atoms with Gasteiger partial charge in [-0.25, -0.2) is 0 Å². The number of nitrogens with one attached hydrogen (secondary N) is 1. The van der Waals surface area contributed by atoms with Crippen molar-refractivity contribution in [2.75, 3.05) is 12.4 Å². The quantitative estimate of drug-likeness (QED) is 0.765. The van der Waals surface area contributed by atoms with Crippen molar-refractivity contribution < 1.29 is 0 Å². The summed E-state index contributed by atoms with van der Waals surface area (Å²) in [6, 6.07) is 19.4. The zero-order valence-electron chi connectivity index (χ0n) is 13.2. The van der Waals surface area contributed by atoms with Gasteiger partial charge in [0.05, 0.1) is 0 Å². The molecule has 2 aromatic carbocycles. The van der Waals surface area contributed by atoms with Crippen LogP contribution in [0.4, 0.5) is 5.69 Å². The van der Waals surface area contributed by atoms with Gasteiger partial charge in [0.2, 0.25) is 0 Å². The molecule has 0 saturated heterocycles. The highest BCUT2D eigenvalue weighted by Gasteiger charge is 2.08. The summed E-state index contributed by atoms with van der Waals surface area (Å²) in [6.45, 7) is 0. The monoisotopic (exact) mass is 289 g/mol. The summed E-state index contributed by atoms with van der Waals surface area (Å²) in [7, 11) is 1.95. The van der Waals surface area contributed by atoms with Gasteiger partial charge in [-0.15, -0.1) is 0 Å². The number of rotatable bonds is 4. The minimum absolute atomic E-state index is 1.15. The average Bonchev–Trinajstić information content (AvgIpc) is 2.61. The van der Waals surface area contributed by atoms with Crippen molar-refractivity contribution >= 4 is 11.3 Å². The van der Waals surface area contributed by atoms with E-state index in [4.69, 9.17) is 0 Å². The molecule has 112 valence electrons. The Labute approximate surface area is 133 Å². The fraction of sp³-hybridized carbons (Fsp3) is 0.238. The van der Waals surface area contributed by atoms with Crippen LogP contribution in [-0.4, -0.2) is 7.05 Å². The fourth-order valence-electron chi connectivity index (χ4n) is 2.95. The zero-order valence-corrected chi connectivity index (χ0v) is 13.2. The maximum Gasteiger partial charge on any atom is 0.0337 e. The summed E-state index contributed by atoms with van der Waals surface area (Å²) in [6.07, 6.45) is 9.83. The first-order valence-electron chi connectivity index (χ1n) is 8.11. The third kappa shape index (κ3) is 3.48. The lowest BCUT2D eigenvalue weighted by atomic mass is 9.92. The maximum absolute atomic E-state index is 3.18. The van der Waals surface area contributed by atoms with Crippen LogP contribution in [0.1, 0.15) is 36.8 Å². The second kappa shape index (κ2) is 7.13. The molecule has 0 heterocycles. The van der Waals surface area contributed by atoms with Gasteiger partial charge in [0.15, 0.2) is 0 Å². The lowest BCUT2D eigenvalue weighted by Crippen LogP contribution is -1.94. The molecule has 1 nitrogen and oxygen atoms in total. The molecule has 2 aromatic rings. The van der Waals surface area contributed by atoms with Crippen LogP contribution in [0, 0.1) is 0 Å². The first-order chi connectivity index (χ1) is 10.9. The van der Waals surface area contributed by atoms with E-state index in [-0.39, 0.29) is 0 Å². The summed E-state index contributed by atoms with van der Waals surface area (Å²) < 4.78 is 0. The van der Waals surface area contributed by atoms with Crippen molar-refractivity contribution in [1.82, 2.24) is 0 Å². The topological polar surface area (TPSA) is 12.0 Å². The molecule has 0 radical (unpaired) electrons. The predicted molar refractivity (Wildman–Crippen MR) is 96.1 cm³/mol. The molecule has 1 N–H and O–H groups in total. The van der Waals surface area contributed by atoms with E-state index < -0.39 is 0 Å². The first-order valence-corrected chi connectivity index (χ1v) is 8.11. The smallest absolute Gasteiger partial charge is 0.0337 e. The van der Waals surface area contributed by atoms with Crippen molar-refractivity contribution in [3.63, 3.8) is 0 Å². The van der Waals surface area contributed by atoms with Gasteiger partial charge in [-0.2, -0.15) is 0 Å². The molecule has 0 atom stereocenters. The number of benzene rings is 2. The highest BCUT2D eigenvalue weighted by atomic mass is 14.8. The van der Waals surface area contributed by atoms with E-state index in [9.17, 15) is 0 Å². The number of allylic oxidation sites excluding steroid dienone is 3. The van der Waals surface area contributed by atoms with Crippen LogP contribution >= 0.6 is 0 Å². The molecule has 1 aliphatic carbocycles. The molecule has 0 amide bonds. The lowest BCUT2D eigenvalue weighted by molar-refractivity contribution is 0.712. The van der Waals surface area contributed by atoms with Gasteiger partial charge in [-0.1, -0.05) is 60.2 Å². The van der Waals surface area contributed by atoms with Crippen LogP contribution in [0.15, 0.2) is 72.3 Å². The average molecular weight is 289 g/mol. The van der Waals surface area contributed by atoms with Crippen LogP contribution in [-0.2, 0) is 0 Å². The summed E-state index contributed by atoms with van der Waals surface area (Å²) in [5.41, 5.74) is 6.50. The second-order valence-corrected chi connectivity index (χ2v) is 5.78. The highest BCUT2D eigenvalue weighted by Crippen LogP contribution is 2.29. The summed E-state index contributed by atoms with van der Waals surface area (Å²) in [5.74, 6) is 0. The van der Waals surface area contributed by atoms with Crippen molar-refractivity contribution in [1.29, 1.82) is 0 Å². The molecular formula is C21H23N.